The van der Waals surface area contributed by atoms with E-state index in [9.17, 15) is 80.8 Å². The molecule has 5 aliphatic carbocycles. The third-order valence-electron chi connectivity index (χ3n) is 22.0. The Labute approximate surface area is 487 Å². The Balaban J connectivity index is 1.07. The molecule has 4 saturated carbocycles. The van der Waals surface area contributed by atoms with E-state index in [4.69, 9.17) is 47.4 Å². The molecule has 26 heteroatoms. The topological polar surface area (TPSA) is 407 Å². The van der Waals surface area contributed by atoms with Crippen LogP contribution in [0.25, 0.3) is 0 Å². The molecule has 13 N–H and O–H groups in total. The zero-order valence-corrected chi connectivity index (χ0v) is 49.1. The highest BCUT2D eigenvalue weighted by Gasteiger charge is 2.73. The fourth-order valence-corrected chi connectivity index (χ4v) is 16.9. The van der Waals surface area contributed by atoms with Gasteiger partial charge in [-0.25, -0.2) is 9.59 Å². The van der Waals surface area contributed by atoms with Crippen molar-refractivity contribution in [2.45, 2.75) is 236 Å². The molecule has 26 nitrogen and oxygen atoms in total. The first-order valence-electron chi connectivity index (χ1n) is 29.4. The van der Waals surface area contributed by atoms with Gasteiger partial charge in [-0.05, 0) is 112 Å². The molecule has 0 bridgehead atoms. The Kier molecular flexibility index (Phi) is 18.8. The minimum absolute atomic E-state index is 0.0820. The first-order chi connectivity index (χ1) is 39.3. The van der Waals surface area contributed by atoms with Gasteiger partial charge in [0.25, 0.3) is 0 Å². The summed E-state index contributed by atoms with van der Waals surface area (Å²) >= 11 is 0. The van der Waals surface area contributed by atoms with Crippen LogP contribution < -0.4 is 0 Å². The Morgan fingerprint density at radius 2 is 1.30 bits per heavy atom. The number of aliphatic carboxylic acids is 1. The number of hydrogen-bond acceptors (Lipinski definition) is 25. The number of carboxylic acids is 1. The second-order valence-electron chi connectivity index (χ2n) is 27.0. The van der Waals surface area contributed by atoms with Crippen molar-refractivity contribution < 1.29 is 128 Å². The minimum Gasteiger partial charge on any atom is -0.479 e. The van der Waals surface area contributed by atoms with Gasteiger partial charge in [-0.3, -0.25) is 4.79 Å². The van der Waals surface area contributed by atoms with E-state index in [1.165, 1.54) is 7.11 Å². The molecular weight excluding hydrogens is 1110 g/mol. The van der Waals surface area contributed by atoms with E-state index >= 15 is 0 Å². The zero-order valence-electron chi connectivity index (χ0n) is 49.1. The van der Waals surface area contributed by atoms with E-state index in [1.54, 1.807) is 26.8 Å². The smallest absolute Gasteiger partial charge is 0.335 e. The van der Waals surface area contributed by atoms with Crippen LogP contribution in [0.3, 0.4) is 0 Å². The molecule has 0 aromatic rings. The SMILES string of the molecule is C/C=C(/C)C(=O)O[C@H]1CC(C)(C)C[C@H]2C3=CC[C@@H]4[C@@]5(C)CC[C@H](O[C@@H]6O[C@H](C(=O)O)[C@@H](O)[C@H](O[C@@H]7OC[C@H](O)[C@H](O)[C@H]7OC7OCC(O)C(O)C7O)[C@H]6O[C@@H]6O[C@H](CO)[C@H](O)[C@H](O)[C@H]6O)[C@@](C)(C(=O)OC)[C@@H]5CC[C@@]4(C)[C@]3(C)C[C@@H](O)[C@@]12CO. The number of allylic oxidation sites excluding steroid dienone is 3. The van der Waals surface area contributed by atoms with Gasteiger partial charge in [0, 0.05) is 5.57 Å². The van der Waals surface area contributed by atoms with Crippen LogP contribution >= 0.6 is 0 Å². The summed E-state index contributed by atoms with van der Waals surface area (Å²) in [6.45, 7) is 13.3. The van der Waals surface area contributed by atoms with E-state index in [0.29, 0.717) is 44.1 Å². The molecule has 0 aromatic carbocycles. The number of carbonyl (C=O) groups is 3. The van der Waals surface area contributed by atoms with Crippen LogP contribution in [0.15, 0.2) is 23.3 Å². The van der Waals surface area contributed by atoms with Crippen LogP contribution in [0.4, 0.5) is 0 Å². The van der Waals surface area contributed by atoms with Crippen molar-refractivity contribution in [2.75, 3.05) is 33.5 Å². The van der Waals surface area contributed by atoms with Gasteiger partial charge in [-0.2, -0.15) is 0 Å². The van der Waals surface area contributed by atoms with Gasteiger partial charge in [-0.15, -0.1) is 0 Å². The first kappa shape index (κ1) is 65.5. The summed E-state index contributed by atoms with van der Waals surface area (Å²) in [5, 5.41) is 144. The fraction of sp³-hybridized carbons (Fsp3) is 0.879. The molecule has 9 rings (SSSR count). The maximum absolute atomic E-state index is 14.9. The standard InChI is InChI=1S/C58H90O26/c1-10-24(2)47(73)79-34-19-53(3,4)17-26-25-11-12-30-54(5)15-14-33(57(8,52(74)75-9)31(54)13-16-55(30,6)56(25,7)18-32(63)58(26,34)23-60)80-51-45(84-49-40(69)38(67)37(66)29(20-59)78-49)42(41(70)43(82-51)46(71)72)81-50-44(36(65)28(62)22-77-50)83-48-39(68)35(64)27(61)21-76-48/h10-11,26-45,48-51,59-70H,12-23H2,1-9H3,(H,71,72)/b24-10-/t26-,27?,28-,29+,30+,31+,32+,33-,34-,35?,36-,37-,38-,39?,40+,41-,42-,43-,44+,45+,48?,49-,50-,51+,54+,55+,56+,57-,58-/m0/s1. The number of aliphatic hydroxyl groups excluding tert-OH is 12. The summed E-state index contributed by atoms with van der Waals surface area (Å²) in [5.74, 6) is -4.01. The second kappa shape index (κ2) is 24.1. The number of methoxy groups -OCH3 is 1. The van der Waals surface area contributed by atoms with Gasteiger partial charge in [0.2, 0.25) is 0 Å². The van der Waals surface area contributed by atoms with Gasteiger partial charge in [0.15, 0.2) is 31.3 Å². The highest BCUT2D eigenvalue weighted by molar-refractivity contribution is 5.87. The summed E-state index contributed by atoms with van der Waals surface area (Å²) in [6.07, 6.45) is -30.7. The monoisotopic (exact) mass is 1200 g/mol. The first-order valence-corrected chi connectivity index (χ1v) is 29.4. The lowest BCUT2D eigenvalue weighted by molar-refractivity contribution is -0.399. The van der Waals surface area contributed by atoms with Crippen molar-refractivity contribution in [1.29, 1.82) is 0 Å². The average Bonchev–Trinajstić information content (AvgIpc) is 0.694. The quantitative estimate of drug-likeness (QED) is 0.0404. The van der Waals surface area contributed by atoms with Crippen molar-refractivity contribution in [2.24, 2.45) is 50.2 Å². The summed E-state index contributed by atoms with van der Waals surface area (Å²) in [6, 6.07) is 0. The minimum atomic E-state index is -2.29. The molecular formula is C58H90O26. The molecule has 84 heavy (non-hydrogen) atoms. The molecule has 478 valence electrons. The van der Waals surface area contributed by atoms with E-state index in [2.05, 4.69) is 40.7 Å². The van der Waals surface area contributed by atoms with Gasteiger partial charge in [0.1, 0.15) is 85.5 Å². The van der Waals surface area contributed by atoms with Crippen LogP contribution in [0.2, 0.25) is 0 Å². The maximum atomic E-state index is 14.9. The molecule has 4 unspecified atom stereocenters. The molecule has 4 aliphatic heterocycles. The van der Waals surface area contributed by atoms with E-state index in [1.807, 2.05) is 0 Å². The largest absolute Gasteiger partial charge is 0.479 e. The predicted octanol–water partition coefficient (Wildman–Crippen LogP) is -1.58. The average molecular weight is 1200 g/mol. The third kappa shape index (κ3) is 10.6. The van der Waals surface area contributed by atoms with E-state index in [-0.39, 0.29) is 30.1 Å². The number of hydrogen-bond donors (Lipinski definition) is 13. The van der Waals surface area contributed by atoms with E-state index < -0.39 is 206 Å². The molecule has 0 spiro atoms. The molecule has 0 aromatic heterocycles. The number of carboxylic acid groups (broad SMARTS) is 1. The van der Waals surface area contributed by atoms with Crippen molar-refractivity contribution >= 4 is 17.9 Å². The molecule has 29 atom stereocenters. The van der Waals surface area contributed by atoms with Gasteiger partial charge in [-0.1, -0.05) is 52.3 Å². The van der Waals surface area contributed by atoms with Crippen molar-refractivity contribution in [3.63, 3.8) is 0 Å². The predicted molar refractivity (Wildman–Crippen MR) is 284 cm³/mol. The number of rotatable bonds is 14. The van der Waals surface area contributed by atoms with E-state index in [0.717, 1.165) is 5.57 Å². The molecule has 0 amide bonds. The van der Waals surface area contributed by atoms with Crippen LogP contribution in [-0.2, 0) is 61.8 Å². The Bertz CT molecular complexity index is 2460. The van der Waals surface area contributed by atoms with Crippen LogP contribution in [-0.4, -0.2) is 247 Å². The zero-order chi connectivity index (χ0) is 61.7. The summed E-state index contributed by atoms with van der Waals surface area (Å²) < 4.78 is 60.3. The Hall–Kier alpha value is -2.91. The number of ether oxygens (including phenoxy) is 10. The molecule has 4 saturated heterocycles. The number of fused-ring (bicyclic) bond motifs is 7. The Morgan fingerprint density at radius 3 is 1.93 bits per heavy atom. The lowest BCUT2D eigenvalue weighted by Crippen LogP contribution is -2.70. The molecule has 8 fully saturated rings. The molecule has 0 radical (unpaired) electrons. The molecule has 4 heterocycles. The third-order valence-corrected chi connectivity index (χ3v) is 22.0. The highest BCUT2D eigenvalue weighted by Crippen LogP contribution is 2.76. The summed E-state index contributed by atoms with van der Waals surface area (Å²) in [5.41, 5.74) is -3.50. The maximum Gasteiger partial charge on any atom is 0.335 e. The number of aliphatic hydroxyl groups is 12. The summed E-state index contributed by atoms with van der Waals surface area (Å²) in [7, 11) is 1.23. The lowest BCUT2D eigenvalue weighted by Gasteiger charge is -2.72. The number of esters is 2. The van der Waals surface area contributed by atoms with Crippen LogP contribution in [0.1, 0.15) is 107 Å². The molecule has 9 aliphatic rings. The normalized spacial score (nSPS) is 51.2. The van der Waals surface area contributed by atoms with Crippen molar-refractivity contribution in [3.8, 4) is 0 Å². The second-order valence-corrected chi connectivity index (χ2v) is 27.0. The van der Waals surface area contributed by atoms with Gasteiger partial charge < -0.3 is 114 Å². The Morgan fingerprint density at radius 1 is 0.667 bits per heavy atom. The van der Waals surface area contributed by atoms with Crippen LogP contribution in [0.5, 0.6) is 0 Å². The lowest BCUT2D eigenvalue weighted by atomic mass is 9.33. The summed E-state index contributed by atoms with van der Waals surface area (Å²) in [4.78, 5) is 41.6. The van der Waals surface area contributed by atoms with Gasteiger partial charge >= 0.3 is 17.9 Å². The van der Waals surface area contributed by atoms with Crippen molar-refractivity contribution in [1.82, 2.24) is 0 Å². The fourth-order valence-electron chi connectivity index (χ4n) is 16.9. The van der Waals surface area contributed by atoms with Crippen LogP contribution in [0, 0.1) is 50.2 Å². The number of carbonyl (C=O) groups excluding carboxylic acids is 2. The van der Waals surface area contributed by atoms with Gasteiger partial charge in [0.05, 0.1) is 56.6 Å². The van der Waals surface area contributed by atoms with Crippen molar-refractivity contribution in [3.05, 3.63) is 23.3 Å². The highest BCUT2D eigenvalue weighted by atomic mass is 16.8.